The van der Waals surface area contributed by atoms with Crippen molar-refractivity contribution in [2.75, 3.05) is 27.9 Å². The van der Waals surface area contributed by atoms with Crippen molar-refractivity contribution in [2.45, 2.75) is 37.3 Å². The highest BCUT2D eigenvalue weighted by Crippen LogP contribution is 2.53. The molecule has 1 aliphatic heterocycles. The summed E-state index contributed by atoms with van der Waals surface area (Å²) in [7, 11) is 4.73. The van der Waals surface area contributed by atoms with E-state index in [1.54, 1.807) is 27.4 Å². The van der Waals surface area contributed by atoms with Crippen molar-refractivity contribution in [2.24, 2.45) is 17.8 Å². The van der Waals surface area contributed by atoms with Gasteiger partial charge in [-0.15, -0.1) is 0 Å². The van der Waals surface area contributed by atoms with E-state index in [0.717, 1.165) is 11.1 Å². The SMILES string of the molecule is COc1ccccc1[C@]1(O)C[C@H](CC#N)C[C@H]2C(C(=O)Cc3cccc(OC)c3OC)NC[C@H]21. The van der Waals surface area contributed by atoms with E-state index in [-0.39, 0.29) is 30.0 Å². The number of para-hydroxylation sites is 2. The average molecular weight is 465 g/mol. The van der Waals surface area contributed by atoms with Crippen LogP contribution in [0.3, 0.4) is 0 Å². The maximum Gasteiger partial charge on any atom is 0.164 e. The lowest BCUT2D eigenvalue weighted by Gasteiger charge is -2.46. The fourth-order valence-corrected chi connectivity index (χ4v) is 6.01. The van der Waals surface area contributed by atoms with Crippen molar-refractivity contribution < 1.29 is 24.1 Å². The van der Waals surface area contributed by atoms with Gasteiger partial charge in [-0.05, 0) is 36.8 Å². The second-order valence-corrected chi connectivity index (χ2v) is 9.24. The molecule has 1 aliphatic carbocycles. The predicted molar refractivity (Wildman–Crippen MR) is 127 cm³/mol. The Morgan fingerprint density at radius 2 is 1.85 bits per heavy atom. The number of benzene rings is 2. The number of hydrogen-bond donors (Lipinski definition) is 2. The molecule has 1 unspecified atom stereocenters. The van der Waals surface area contributed by atoms with Crippen molar-refractivity contribution in [3.63, 3.8) is 0 Å². The highest BCUT2D eigenvalue weighted by Gasteiger charge is 2.55. The van der Waals surface area contributed by atoms with Crippen LogP contribution in [0.2, 0.25) is 0 Å². The standard InChI is InChI=1S/C27H32N2O5/c1-32-23-9-5-4-8-20(23)27(31)15-17(11-12-28)13-19-21(27)16-29-25(19)22(30)14-18-7-6-10-24(33-2)26(18)34-3/h4-10,17,19,21,25,29,31H,11,13-16H2,1-3H3/t17-,19-,21-,25?,27-/m1/s1. The van der Waals surface area contributed by atoms with Gasteiger partial charge in [0.1, 0.15) is 5.75 Å². The number of nitriles is 1. The molecule has 180 valence electrons. The minimum atomic E-state index is -1.19. The molecule has 1 saturated carbocycles. The topological polar surface area (TPSA) is 101 Å². The summed E-state index contributed by atoms with van der Waals surface area (Å²) in [5.74, 6) is 1.54. The third-order valence-electron chi connectivity index (χ3n) is 7.47. The Morgan fingerprint density at radius 1 is 1.12 bits per heavy atom. The van der Waals surface area contributed by atoms with Crippen LogP contribution in [-0.2, 0) is 16.8 Å². The summed E-state index contributed by atoms with van der Waals surface area (Å²) in [6, 6.07) is 14.9. The highest BCUT2D eigenvalue weighted by molar-refractivity contribution is 5.87. The van der Waals surface area contributed by atoms with E-state index >= 15 is 0 Å². The Morgan fingerprint density at radius 3 is 2.56 bits per heavy atom. The molecule has 1 heterocycles. The lowest BCUT2D eigenvalue weighted by molar-refractivity contribution is -0.124. The van der Waals surface area contributed by atoms with Gasteiger partial charge in [0.2, 0.25) is 0 Å². The van der Waals surface area contributed by atoms with E-state index in [1.807, 2.05) is 36.4 Å². The molecule has 0 radical (unpaired) electrons. The van der Waals surface area contributed by atoms with Crippen LogP contribution in [0.5, 0.6) is 17.2 Å². The highest BCUT2D eigenvalue weighted by atomic mass is 16.5. The number of ketones is 1. The first-order valence-corrected chi connectivity index (χ1v) is 11.7. The molecule has 7 heteroatoms. The Hall–Kier alpha value is -3.08. The number of carbonyl (C=O) groups excluding carboxylic acids is 1. The second kappa shape index (κ2) is 10.0. The van der Waals surface area contributed by atoms with Gasteiger partial charge in [0, 0.05) is 36.4 Å². The number of nitrogens with one attached hydrogen (secondary N) is 1. The molecular formula is C27H32N2O5. The van der Waals surface area contributed by atoms with Gasteiger partial charge in [-0.1, -0.05) is 30.3 Å². The molecule has 0 spiro atoms. The molecule has 5 atom stereocenters. The molecule has 34 heavy (non-hydrogen) atoms. The molecule has 4 rings (SSSR count). The van der Waals surface area contributed by atoms with Gasteiger partial charge in [-0.25, -0.2) is 0 Å². The third kappa shape index (κ3) is 4.24. The Labute approximate surface area is 200 Å². The zero-order chi connectivity index (χ0) is 24.3. The number of nitrogens with zero attached hydrogens (tertiary/aromatic N) is 1. The van der Waals surface area contributed by atoms with Crippen molar-refractivity contribution in [3.8, 4) is 23.3 Å². The van der Waals surface area contributed by atoms with Crippen LogP contribution in [0.1, 0.15) is 30.4 Å². The maximum absolute atomic E-state index is 13.5. The lowest BCUT2D eigenvalue weighted by atomic mass is 9.61. The maximum atomic E-state index is 13.5. The molecule has 2 aromatic carbocycles. The number of ether oxygens (including phenoxy) is 3. The van der Waals surface area contributed by atoms with Crippen molar-refractivity contribution in [3.05, 3.63) is 53.6 Å². The van der Waals surface area contributed by atoms with Gasteiger partial charge in [0.05, 0.1) is 39.0 Å². The zero-order valence-corrected chi connectivity index (χ0v) is 19.9. The summed E-state index contributed by atoms with van der Waals surface area (Å²) in [5.41, 5.74) is 0.299. The number of Topliss-reactive ketones (excluding diaryl/α,β-unsaturated/α-hetero) is 1. The smallest absolute Gasteiger partial charge is 0.164 e. The number of fused-ring (bicyclic) bond motifs is 1. The summed E-state index contributed by atoms with van der Waals surface area (Å²) in [6.45, 7) is 0.518. The Balaban J connectivity index is 1.65. The van der Waals surface area contributed by atoms with Crippen LogP contribution in [-0.4, -0.2) is 44.8 Å². The lowest BCUT2D eigenvalue weighted by Crippen LogP contribution is -2.48. The van der Waals surface area contributed by atoms with E-state index in [1.165, 1.54) is 0 Å². The summed E-state index contributed by atoms with van der Waals surface area (Å²) in [4.78, 5) is 13.5. The Bertz CT molecular complexity index is 1080. The van der Waals surface area contributed by atoms with Gasteiger partial charge in [-0.2, -0.15) is 5.26 Å². The van der Waals surface area contributed by atoms with E-state index < -0.39 is 11.6 Å². The largest absolute Gasteiger partial charge is 0.496 e. The molecular weight excluding hydrogens is 432 g/mol. The van der Waals surface area contributed by atoms with E-state index in [4.69, 9.17) is 14.2 Å². The molecule has 0 aromatic heterocycles. The van der Waals surface area contributed by atoms with Crippen molar-refractivity contribution >= 4 is 5.78 Å². The van der Waals surface area contributed by atoms with Crippen LogP contribution < -0.4 is 19.5 Å². The summed E-state index contributed by atoms with van der Waals surface area (Å²) < 4.78 is 16.5. The molecule has 2 N–H and O–H groups in total. The summed E-state index contributed by atoms with van der Waals surface area (Å²) in [5, 5.41) is 24.9. The third-order valence-corrected chi connectivity index (χ3v) is 7.47. The number of rotatable bonds is 8. The number of aliphatic hydroxyl groups is 1. The molecule has 2 aliphatic rings. The predicted octanol–water partition coefficient (Wildman–Crippen LogP) is 3.24. The van der Waals surface area contributed by atoms with Crippen molar-refractivity contribution in [1.29, 1.82) is 5.26 Å². The molecule has 0 bridgehead atoms. The van der Waals surface area contributed by atoms with E-state index in [9.17, 15) is 15.2 Å². The zero-order valence-electron chi connectivity index (χ0n) is 19.9. The molecule has 7 nitrogen and oxygen atoms in total. The van der Waals surface area contributed by atoms with Gasteiger partial charge in [-0.3, -0.25) is 4.79 Å². The van der Waals surface area contributed by atoms with E-state index in [0.29, 0.717) is 43.1 Å². The first-order valence-electron chi connectivity index (χ1n) is 11.7. The first-order chi connectivity index (χ1) is 16.5. The second-order valence-electron chi connectivity index (χ2n) is 9.24. The van der Waals surface area contributed by atoms with Gasteiger partial charge >= 0.3 is 0 Å². The monoisotopic (exact) mass is 464 g/mol. The Kier molecular flexibility index (Phi) is 7.11. The molecule has 2 fully saturated rings. The van der Waals surface area contributed by atoms with Gasteiger partial charge in [0.25, 0.3) is 0 Å². The summed E-state index contributed by atoms with van der Waals surface area (Å²) in [6.07, 6.45) is 1.71. The number of methoxy groups -OCH3 is 3. The van der Waals surface area contributed by atoms with Crippen LogP contribution >= 0.6 is 0 Å². The molecule has 0 amide bonds. The van der Waals surface area contributed by atoms with Gasteiger partial charge in [0.15, 0.2) is 17.3 Å². The first kappa shape index (κ1) is 24.1. The fourth-order valence-electron chi connectivity index (χ4n) is 6.01. The number of carbonyl (C=O) groups is 1. The van der Waals surface area contributed by atoms with Crippen molar-refractivity contribution in [1.82, 2.24) is 5.32 Å². The van der Waals surface area contributed by atoms with Crippen LogP contribution in [0, 0.1) is 29.1 Å². The minimum Gasteiger partial charge on any atom is -0.496 e. The van der Waals surface area contributed by atoms with E-state index in [2.05, 4.69) is 11.4 Å². The van der Waals surface area contributed by atoms with Crippen LogP contribution in [0.25, 0.3) is 0 Å². The number of hydrogen-bond acceptors (Lipinski definition) is 7. The minimum absolute atomic E-state index is 0.0114. The fraction of sp³-hybridized carbons (Fsp3) is 0.481. The molecule has 2 aromatic rings. The quantitative estimate of drug-likeness (QED) is 0.619. The molecule has 1 saturated heterocycles. The van der Waals surface area contributed by atoms with Gasteiger partial charge < -0.3 is 24.6 Å². The normalized spacial score (nSPS) is 28.0. The average Bonchev–Trinajstić information content (AvgIpc) is 3.29. The summed E-state index contributed by atoms with van der Waals surface area (Å²) >= 11 is 0. The van der Waals surface area contributed by atoms with Crippen LogP contribution in [0.15, 0.2) is 42.5 Å². The van der Waals surface area contributed by atoms with Crippen LogP contribution in [0.4, 0.5) is 0 Å².